The highest BCUT2D eigenvalue weighted by atomic mass is 16.6. The molecule has 0 spiro atoms. The van der Waals surface area contributed by atoms with Gasteiger partial charge in [-0.25, -0.2) is 0 Å². The standard InChI is InChI=1S/C15H21NO5/c1-14(2,3)21-13(18)9-15(4,10-17)11-6-5-7-12(8-11)16(19)20/h5-8,17H,9-10H2,1-4H3. The molecule has 21 heavy (non-hydrogen) atoms. The van der Waals surface area contributed by atoms with Gasteiger partial charge in [0.05, 0.1) is 18.0 Å². The van der Waals surface area contributed by atoms with Crippen LogP contribution in [0.4, 0.5) is 5.69 Å². The normalized spacial score (nSPS) is 14.3. The maximum Gasteiger partial charge on any atom is 0.307 e. The van der Waals surface area contributed by atoms with Crippen molar-refractivity contribution in [2.45, 2.75) is 45.1 Å². The molecule has 0 aliphatic rings. The van der Waals surface area contributed by atoms with Crippen LogP contribution in [0.1, 0.15) is 39.7 Å². The summed E-state index contributed by atoms with van der Waals surface area (Å²) < 4.78 is 5.25. The Balaban J connectivity index is 3.01. The number of hydrogen-bond donors (Lipinski definition) is 1. The third-order valence-corrected chi connectivity index (χ3v) is 3.06. The molecule has 0 aliphatic heterocycles. The molecule has 6 nitrogen and oxygen atoms in total. The van der Waals surface area contributed by atoms with Gasteiger partial charge in [0.2, 0.25) is 0 Å². The molecule has 1 unspecified atom stereocenters. The molecule has 1 N–H and O–H groups in total. The zero-order valence-corrected chi connectivity index (χ0v) is 12.8. The molecule has 0 aliphatic carbocycles. The number of ether oxygens (including phenoxy) is 1. The third kappa shape index (κ3) is 4.82. The first-order valence-corrected chi connectivity index (χ1v) is 6.65. The van der Waals surface area contributed by atoms with E-state index in [-0.39, 0.29) is 18.7 Å². The van der Waals surface area contributed by atoms with Crippen LogP contribution in [-0.4, -0.2) is 28.2 Å². The number of nitrogens with zero attached hydrogens (tertiary/aromatic N) is 1. The molecule has 1 aromatic carbocycles. The average Bonchev–Trinajstić information content (AvgIpc) is 2.36. The maximum absolute atomic E-state index is 12.0. The van der Waals surface area contributed by atoms with Gasteiger partial charge in [-0.05, 0) is 26.3 Å². The second-order valence-corrected chi connectivity index (χ2v) is 6.29. The first-order chi connectivity index (χ1) is 9.57. The van der Waals surface area contributed by atoms with Gasteiger partial charge >= 0.3 is 5.97 Å². The van der Waals surface area contributed by atoms with E-state index in [4.69, 9.17) is 4.74 Å². The van der Waals surface area contributed by atoms with Crippen LogP contribution in [0, 0.1) is 10.1 Å². The fourth-order valence-corrected chi connectivity index (χ4v) is 1.94. The number of carbonyl (C=O) groups is 1. The fraction of sp³-hybridized carbons (Fsp3) is 0.533. The van der Waals surface area contributed by atoms with Crippen molar-refractivity contribution in [3.8, 4) is 0 Å². The molecule has 0 aromatic heterocycles. The van der Waals surface area contributed by atoms with Crippen molar-refractivity contribution >= 4 is 11.7 Å². The van der Waals surface area contributed by atoms with E-state index in [0.717, 1.165) is 0 Å². The van der Waals surface area contributed by atoms with Crippen molar-refractivity contribution in [3.63, 3.8) is 0 Å². The summed E-state index contributed by atoms with van der Waals surface area (Å²) in [5.41, 5.74) is -1.08. The van der Waals surface area contributed by atoms with Crippen molar-refractivity contribution in [3.05, 3.63) is 39.9 Å². The van der Waals surface area contributed by atoms with Crippen LogP contribution >= 0.6 is 0 Å². The zero-order chi connectivity index (χ0) is 16.3. The van der Waals surface area contributed by atoms with E-state index in [1.54, 1.807) is 33.8 Å². The highest BCUT2D eigenvalue weighted by molar-refractivity contribution is 5.72. The summed E-state index contributed by atoms with van der Waals surface area (Å²) >= 11 is 0. The van der Waals surface area contributed by atoms with Crippen molar-refractivity contribution in [1.82, 2.24) is 0 Å². The van der Waals surface area contributed by atoms with Crippen molar-refractivity contribution in [1.29, 1.82) is 0 Å². The summed E-state index contributed by atoms with van der Waals surface area (Å²) in [6.45, 7) is 6.64. The molecule has 1 aromatic rings. The van der Waals surface area contributed by atoms with E-state index >= 15 is 0 Å². The molecule has 0 fully saturated rings. The Kier molecular flexibility index (Phi) is 5.06. The number of esters is 1. The molecule has 6 heteroatoms. The summed E-state index contributed by atoms with van der Waals surface area (Å²) in [7, 11) is 0. The molecule has 0 amide bonds. The zero-order valence-electron chi connectivity index (χ0n) is 12.8. The lowest BCUT2D eigenvalue weighted by molar-refractivity contribution is -0.385. The molecule has 1 atom stereocenters. The van der Waals surface area contributed by atoms with E-state index in [1.807, 2.05) is 0 Å². The minimum atomic E-state index is -0.922. The summed E-state index contributed by atoms with van der Waals surface area (Å²) in [5, 5.41) is 20.5. The second-order valence-electron chi connectivity index (χ2n) is 6.29. The average molecular weight is 295 g/mol. The number of nitro benzene ring substituents is 1. The van der Waals surface area contributed by atoms with Gasteiger partial charge in [-0.3, -0.25) is 14.9 Å². The Labute approximate surface area is 123 Å². The van der Waals surface area contributed by atoms with E-state index < -0.39 is 21.9 Å². The number of non-ortho nitro benzene ring substituents is 1. The predicted molar refractivity (Wildman–Crippen MR) is 78.0 cm³/mol. The molecular weight excluding hydrogens is 274 g/mol. The molecule has 0 saturated heterocycles. The minimum Gasteiger partial charge on any atom is -0.460 e. The highest BCUT2D eigenvalue weighted by Crippen LogP contribution is 2.30. The van der Waals surface area contributed by atoms with Gasteiger partial charge in [0, 0.05) is 17.5 Å². The van der Waals surface area contributed by atoms with E-state index in [2.05, 4.69) is 0 Å². The summed E-state index contributed by atoms with van der Waals surface area (Å²) in [6.07, 6.45) is -0.0536. The van der Waals surface area contributed by atoms with Crippen LogP contribution in [0.25, 0.3) is 0 Å². The molecular formula is C15H21NO5. The Morgan fingerprint density at radius 1 is 1.33 bits per heavy atom. The lowest BCUT2D eigenvalue weighted by atomic mass is 9.80. The van der Waals surface area contributed by atoms with Crippen molar-refractivity contribution < 1.29 is 19.6 Å². The van der Waals surface area contributed by atoms with Crippen LogP contribution in [0.2, 0.25) is 0 Å². The van der Waals surface area contributed by atoms with Crippen LogP contribution in [0.5, 0.6) is 0 Å². The number of carbonyl (C=O) groups excluding carboxylic acids is 1. The highest BCUT2D eigenvalue weighted by Gasteiger charge is 2.32. The molecule has 0 radical (unpaired) electrons. The smallest absolute Gasteiger partial charge is 0.307 e. The monoisotopic (exact) mass is 295 g/mol. The number of aliphatic hydroxyl groups is 1. The molecule has 0 saturated carbocycles. The lowest BCUT2D eigenvalue weighted by Crippen LogP contribution is -2.33. The Morgan fingerprint density at radius 3 is 2.43 bits per heavy atom. The number of benzene rings is 1. The van der Waals surface area contributed by atoms with Crippen molar-refractivity contribution in [2.75, 3.05) is 6.61 Å². The minimum absolute atomic E-state index is 0.0536. The van der Waals surface area contributed by atoms with Gasteiger partial charge in [0.1, 0.15) is 5.60 Å². The van der Waals surface area contributed by atoms with Gasteiger partial charge in [0.15, 0.2) is 0 Å². The Morgan fingerprint density at radius 2 is 1.95 bits per heavy atom. The van der Waals surface area contributed by atoms with Gasteiger partial charge < -0.3 is 9.84 Å². The summed E-state index contributed by atoms with van der Waals surface area (Å²) in [4.78, 5) is 22.3. The first-order valence-electron chi connectivity index (χ1n) is 6.65. The van der Waals surface area contributed by atoms with E-state index in [9.17, 15) is 20.0 Å². The van der Waals surface area contributed by atoms with Gasteiger partial charge in [-0.1, -0.05) is 19.1 Å². The number of aliphatic hydroxyl groups excluding tert-OH is 1. The van der Waals surface area contributed by atoms with Crippen LogP contribution in [-0.2, 0) is 14.9 Å². The molecule has 1 rings (SSSR count). The third-order valence-electron chi connectivity index (χ3n) is 3.06. The maximum atomic E-state index is 12.0. The van der Waals surface area contributed by atoms with Gasteiger partial charge in [-0.15, -0.1) is 0 Å². The number of rotatable bonds is 5. The van der Waals surface area contributed by atoms with Crippen molar-refractivity contribution in [2.24, 2.45) is 0 Å². The largest absolute Gasteiger partial charge is 0.460 e. The Bertz CT molecular complexity index is 535. The van der Waals surface area contributed by atoms with Gasteiger partial charge in [-0.2, -0.15) is 0 Å². The topological polar surface area (TPSA) is 89.7 Å². The fourth-order valence-electron chi connectivity index (χ4n) is 1.94. The molecule has 116 valence electrons. The predicted octanol–water partition coefficient (Wildman–Crippen LogP) is 2.58. The number of hydrogen-bond acceptors (Lipinski definition) is 5. The number of nitro groups is 1. The van der Waals surface area contributed by atoms with E-state index in [0.29, 0.717) is 5.56 Å². The van der Waals surface area contributed by atoms with Crippen LogP contribution in [0.3, 0.4) is 0 Å². The lowest BCUT2D eigenvalue weighted by Gasteiger charge is -2.29. The quantitative estimate of drug-likeness (QED) is 0.512. The first kappa shape index (κ1) is 17.1. The summed E-state index contributed by atoms with van der Waals surface area (Å²) in [6, 6.07) is 5.94. The SMILES string of the molecule is CC(C)(C)OC(=O)CC(C)(CO)c1cccc([N+](=O)[O-])c1. The Hall–Kier alpha value is -1.95. The summed E-state index contributed by atoms with van der Waals surface area (Å²) in [5.74, 6) is -0.453. The van der Waals surface area contributed by atoms with Crippen LogP contribution in [0.15, 0.2) is 24.3 Å². The molecule has 0 bridgehead atoms. The molecule has 0 heterocycles. The van der Waals surface area contributed by atoms with Gasteiger partial charge in [0.25, 0.3) is 5.69 Å². The van der Waals surface area contributed by atoms with E-state index in [1.165, 1.54) is 18.2 Å². The van der Waals surface area contributed by atoms with Crippen LogP contribution < -0.4 is 0 Å². The second kappa shape index (κ2) is 6.22.